The maximum absolute atomic E-state index is 6.09. The first-order valence-electron chi connectivity index (χ1n) is 9.39. The Labute approximate surface area is 164 Å². The zero-order chi connectivity index (χ0) is 19.5. The molecule has 0 amide bonds. The standard InChI is InChI=1S/C20H25N7O/c1-14-5-6-16(12-15(14)2)23-19-24-18(21)25-20(26-8-10-28-11-9-26)27(19)17-4-3-7-22-13-17/h3-7,12-13,19,23H,8-11H2,1-2H3,(H2,21,24). The lowest BCUT2D eigenvalue weighted by Gasteiger charge is -2.40. The number of guanidine groups is 2. The van der Waals surface area contributed by atoms with E-state index in [2.05, 4.69) is 57.2 Å². The van der Waals surface area contributed by atoms with Crippen molar-refractivity contribution < 1.29 is 4.74 Å². The average Bonchev–Trinajstić information content (AvgIpc) is 2.72. The molecule has 1 atom stereocenters. The molecule has 0 spiro atoms. The fraction of sp³-hybridized carbons (Fsp3) is 0.350. The van der Waals surface area contributed by atoms with Crippen LogP contribution in [0.5, 0.6) is 0 Å². The number of hydrogen-bond acceptors (Lipinski definition) is 8. The second kappa shape index (κ2) is 7.85. The molecule has 1 unspecified atom stereocenters. The van der Waals surface area contributed by atoms with E-state index < -0.39 is 6.29 Å². The summed E-state index contributed by atoms with van der Waals surface area (Å²) >= 11 is 0. The third-order valence-corrected chi connectivity index (χ3v) is 4.95. The lowest BCUT2D eigenvalue weighted by atomic mass is 10.1. The van der Waals surface area contributed by atoms with Gasteiger partial charge in [-0.3, -0.25) is 9.88 Å². The molecule has 3 heterocycles. The van der Waals surface area contributed by atoms with E-state index in [0.29, 0.717) is 13.2 Å². The van der Waals surface area contributed by atoms with Gasteiger partial charge in [-0.15, -0.1) is 0 Å². The van der Waals surface area contributed by atoms with Crippen LogP contribution in [0.2, 0.25) is 0 Å². The van der Waals surface area contributed by atoms with E-state index in [1.54, 1.807) is 6.20 Å². The van der Waals surface area contributed by atoms with Crippen molar-refractivity contribution in [3.05, 3.63) is 53.9 Å². The van der Waals surface area contributed by atoms with Gasteiger partial charge >= 0.3 is 0 Å². The number of hydrogen-bond donors (Lipinski definition) is 2. The molecule has 1 fully saturated rings. The van der Waals surface area contributed by atoms with Crippen LogP contribution < -0.4 is 16.0 Å². The van der Waals surface area contributed by atoms with Crippen LogP contribution >= 0.6 is 0 Å². The SMILES string of the molecule is Cc1ccc(NC2N=C(N)N=C(N3CCOCC3)N2c2cccnc2)cc1C. The van der Waals surface area contributed by atoms with E-state index >= 15 is 0 Å². The lowest BCUT2D eigenvalue weighted by molar-refractivity contribution is 0.0671. The van der Waals surface area contributed by atoms with Gasteiger partial charge in [-0.05, 0) is 49.2 Å². The van der Waals surface area contributed by atoms with Gasteiger partial charge in [0.05, 0.1) is 25.1 Å². The van der Waals surface area contributed by atoms with E-state index in [0.717, 1.165) is 30.4 Å². The van der Waals surface area contributed by atoms with Crippen LogP contribution in [0, 0.1) is 13.8 Å². The van der Waals surface area contributed by atoms with Crippen LogP contribution in [-0.4, -0.2) is 54.4 Å². The van der Waals surface area contributed by atoms with Crippen LogP contribution in [0.15, 0.2) is 52.7 Å². The van der Waals surface area contributed by atoms with Crippen molar-refractivity contribution in [3.8, 4) is 0 Å². The molecule has 0 radical (unpaired) electrons. The molecule has 3 N–H and O–H groups in total. The van der Waals surface area contributed by atoms with Crippen LogP contribution in [0.3, 0.4) is 0 Å². The molecule has 8 heteroatoms. The normalized spacial score (nSPS) is 19.9. The number of benzene rings is 1. The van der Waals surface area contributed by atoms with Gasteiger partial charge in [0.15, 0.2) is 0 Å². The first-order valence-corrected chi connectivity index (χ1v) is 9.39. The molecular weight excluding hydrogens is 354 g/mol. The monoisotopic (exact) mass is 379 g/mol. The summed E-state index contributed by atoms with van der Waals surface area (Å²) < 4.78 is 5.50. The highest BCUT2D eigenvalue weighted by atomic mass is 16.5. The number of nitrogens with zero attached hydrogens (tertiary/aromatic N) is 5. The maximum atomic E-state index is 6.09. The molecule has 0 saturated carbocycles. The van der Waals surface area contributed by atoms with Gasteiger partial charge < -0.3 is 20.7 Å². The van der Waals surface area contributed by atoms with Gasteiger partial charge in [0.1, 0.15) is 0 Å². The number of aromatic nitrogens is 1. The average molecular weight is 379 g/mol. The van der Waals surface area contributed by atoms with E-state index in [1.165, 1.54) is 11.1 Å². The molecule has 2 aliphatic rings. The topological polar surface area (TPSA) is 91.4 Å². The highest BCUT2D eigenvalue weighted by Gasteiger charge is 2.32. The van der Waals surface area contributed by atoms with Crippen LogP contribution in [0.4, 0.5) is 11.4 Å². The largest absolute Gasteiger partial charge is 0.378 e. The van der Waals surface area contributed by atoms with Crippen molar-refractivity contribution in [1.29, 1.82) is 0 Å². The van der Waals surface area contributed by atoms with E-state index in [9.17, 15) is 0 Å². The third-order valence-electron chi connectivity index (χ3n) is 4.95. The fourth-order valence-electron chi connectivity index (χ4n) is 3.29. The first kappa shape index (κ1) is 18.2. The Balaban J connectivity index is 1.70. The predicted molar refractivity (Wildman–Crippen MR) is 111 cm³/mol. The van der Waals surface area contributed by atoms with E-state index in [-0.39, 0.29) is 5.96 Å². The second-order valence-corrected chi connectivity index (χ2v) is 6.90. The van der Waals surface area contributed by atoms with Crippen molar-refractivity contribution in [3.63, 3.8) is 0 Å². The Hall–Kier alpha value is -3.13. The molecule has 146 valence electrons. The van der Waals surface area contributed by atoms with Gasteiger partial charge in [0, 0.05) is 25.0 Å². The Bertz CT molecular complexity index is 891. The molecule has 1 aromatic carbocycles. The molecule has 1 saturated heterocycles. The summed E-state index contributed by atoms with van der Waals surface area (Å²) in [6.45, 7) is 7.01. The van der Waals surface area contributed by atoms with Crippen LogP contribution in [-0.2, 0) is 4.74 Å². The molecule has 4 rings (SSSR count). The van der Waals surface area contributed by atoms with E-state index in [1.807, 2.05) is 23.2 Å². The summed E-state index contributed by atoms with van der Waals surface area (Å²) in [5.74, 6) is 1.01. The number of rotatable bonds is 3. The number of ether oxygens (including phenoxy) is 1. The van der Waals surface area contributed by atoms with Gasteiger partial charge in [0.2, 0.25) is 18.2 Å². The minimum absolute atomic E-state index is 0.253. The number of nitrogens with two attached hydrogens (primary N) is 1. The minimum Gasteiger partial charge on any atom is -0.378 e. The van der Waals surface area contributed by atoms with Gasteiger partial charge in [-0.1, -0.05) is 6.07 Å². The minimum atomic E-state index is -0.429. The van der Waals surface area contributed by atoms with Crippen molar-refractivity contribution >= 4 is 23.3 Å². The highest BCUT2D eigenvalue weighted by molar-refractivity contribution is 6.05. The molecule has 8 nitrogen and oxygen atoms in total. The summed E-state index contributed by atoms with van der Waals surface area (Å²) in [7, 11) is 0. The molecule has 2 aliphatic heterocycles. The number of anilines is 2. The molecular formula is C20H25N7O. The molecule has 1 aromatic heterocycles. The molecule has 0 bridgehead atoms. The van der Waals surface area contributed by atoms with Crippen molar-refractivity contribution in [2.45, 2.75) is 20.1 Å². The maximum Gasteiger partial charge on any atom is 0.222 e. The summed E-state index contributed by atoms with van der Waals surface area (Å²) in [5, 5.41) is 3.49. The Morgan fingerprint density at radius 2 is 1.96 bits per heavy atom. The number of pyridine rings is 1. The smallest absolute Gasteiger partial charge is 0.222 e. The summed E-state index contributed by atoms with van der Waals surface area (Å²) in [6, 6.07) is 10.2. The number of aliphatic imine (C=N–C) groups is 2. The number of morpholine rings is 1. The predicted octanol–water partition coefficient (Wildman–Crippen LogP) is 1.92. The van der Waals surface area contributed by atoms with E-state index in [4.69, 9.17) is 10.5 Å². The van der Waals surface area contributed by atoms with Gasteiger partial charge in [0.25, 0.3) is 0 Å². The lowest BCUT2D eigenvalue weighted by Crippen LogP contribution is -2.57. The summed E-state index contributed by atoms with van der Waals surface area (Å²) in [6.07, 6.45) is 3.13. The Morgan fingerprint density at radius 1 is 1.14 bits per heavy atom. The number of nitrogens with one attached hydrogen (secondary N) is 1. The summed E-state index contributed by atoms with van der Waals surface area (Å²) in [5.41, 5.74) is 10.4. The fourth-order valence-corrected chi connectivity index (χ4v) is 3.29. The molecule has 28 heavy (non-hydrogen) atoms. The van der Waals surface area contributed by atoms with Gasteiger partial charge in [-0.2, -0.15) is 4.99 Å². The van der Waals surface area contributed by atoms with Crippen molar-refractivity contribution in [2.75, 3.05) is 36.5 Å². The van der Waals surface area contributed by atoms with Crippen LogP contribution in [0.1, 0.15) is 11.1 Å². The number of aryl methyl sites for hydroxylation is 2. The molecule has 0 aliphatic carbocycles. The Morgan fingerprint density at radius 3 is 2.68 bits per heavy atom. The molecule has 2 aromatic rings. The van der Waals surface area contributed by atoms with Crippen molar-refractivity contribution in [1.82, 2.24) is 9.88 Å². The highest BCUT2D eigenvalue weighted by Crippen LogP contribution is 2.24. The third kappa shape index (κ3) is 3.77. The zero-order valence-corrected chi connectivity index (χ0v) is 16.2. The van der Waals surface area contributed by atoms with Crippen LogP contribution in [0.25, 0.3) is 0 Å². The zero-order valence-electron chi connectivity index (χ0n) is 16.2. The second-order valence-electron chi connectivity index (χ2n) is 6.90. The van der Waals surface area contributed by atoms with Crippen molar-refractivity contribution in [2.24, 2.45) is 15.7 Å². The quantitative estimate of drug-likeness (QED) is 0.847. The first-order chi connectivity index (χ1) is 13.6. The Kier molecular flexibility index (Phi) is 5.12. The summed E-state index contributed by atoms with van der Waals surface area (Å²) in [4.78, 5) is 17.6. The van der Waals surface area contributed by atoms with Gasteiger partial charge in [-0.25, -0.2) is 4.99 Å².